The van der Waals surface area contributed by atoms with Gasteiger partial charge in [-0.25, -0.2) is 0 Å². The number of hydrogen-bond donors (Lipinski definition) is 1. The van der Waals surface area contributed by atoms with Crippen LogP contribution < -0.4 is 10.1 Å². The van der Waals surface area contributed by atoms with Crippen LogP contribution in [0, 0.1) is 5.92 Å². The lowest BCUT2D eigenvalue weighted by Crippen LogP contribution is -2.36. The van der Waals surface area contributed by atoms with Crippen LogP contribution in [-0.2, 0) is 16.1 Å². The summed E-state index contributed by atoms with van der Waals surface area (Å²) in [7, 11) is 5.54. The number of amides is 2. The van der Waals surface area contributed by atoms with Crippen LogP contribution >= 0.6 is 0 Å². The Kier molecular flexibility index (Phi) is 5.98. The molecule has 0 aliphatic carbocycles. The molecule has 2 amide bonds. The highest BCUT2D eigenvalue weighted by atomic mass is 16.5. The lowest BCUT2D eigenvalue weighted by Gasteiger charge is -2.17. The van der Waals surface area contributed by atoms with Crippen molar-refractivity contribution in [2.75, 3.05) is 40.8 Å². The van der Waals surface area contributed by atoms with Gasteiger partial charge in [0.2, 0.25) is 11.8 Å². The molecule has 1 aromatic carbocycles. The van der Waals surface area contributed by atoms with Crippen LogP contribution in [0.4, 0.5) is 0 Å². The smallest absolute Gasteiger partial charge is 0.225 e. The van der Waals surface area contributed by atoms with Crippen molar-refractivity contribution < 1.29 is 14.3 Å². The van der Waals surface area contributed by atoms with Gasteiger partial charge in [-0.2, -0.15) is 0 Å². The fourth-order valence-electron chi connectivity index (χ4n) is 2.60. The number of likely N-dealkylation sites (tertiary alicyclic amines) is 1. The van der Waals surface area contributed by atoms with E-state index in [0.717, 1.165) is 17.9 Å². The third-order valence-corrected chi connectivity index (χ3v) is 3.98. The third-order valence-electron chi connectivity index (χ3n) is 3.98. The van der Waals surface area contributed by atoms with Gasteiger partial charge in [0, 0.05) is 32.6 Å². The molecule has 1 aliphatic heterocycles. The van der Waals surface area contributed by atoms with Crippen LogP contribution in [0.15, 0.2) is 24.3 Å². The maximum absolute atomic E-state index is 12.1. The van der Waals surface area contributed by atoms with Crippen molar-refractivity contribution in [2.24, 2.45) is 5.92 Å². The number of ether oxygens (including phenoxy) is 1. The zero-order chi connectivity index (χ0) is 16.8. The van der Waals surface area contributed by atoms with Gasteiger partial charge in [-0.1, -0.05) is 12.1 Å². The highest BCUT2D eigenvalue weighted by Crippen LogP contribution is 2.21. The molecule has 6 nitrogen and oxygen atoms in total. The summed E-state index contributed by atoms with van der Waals surface area (Å²) in [6.45, 7) is 2.42. The molecule has 0 saturated carbocycles. The Morgan fingerprint density at radius 1 is 1.35 bits per heavy atom. The van der Waals surface area contributed by atoms with Crippen molar-refractivity contribution in [2.45, 2.75) is 13.0 Å². The average Bonchev–Trinajstić information content (AvgIpc) is 2.89. The van der Waals surface area contributed by atoms with E-state index in [1.165, 1.54) is 0 Å². The van der Waals surface area contributed by atoms with Gasteiger partial charge in [-0.05, 0) is 31.8 Å². The summed E-state index contributed by atoms with van der Waals surface area (Å²) in [5, 5.41) is 2.90. The Hall–Kier alpha value is -2.08. The Labute approximate surface area is 137 Å². The molecule has 1 saturated heterocycles. The van der Waals surface area contributed by atoms with Crippen LogP contribution in [0.25, 0.3) is 0 Å². The van der Waals surface area contributed by atoms with Gasteiger partial charge in [-0.3, -0.25) is 9.59 Å². The molecule has 0 aromatic heterocycles. The minimum atomic E-state index is -0.247. The first-order valence-electron chi connectivity index (χ1n) is 7.82. The molecular weight excluding hydrogens is 294 g/mol. The molecule has 1 fully saturated rings. The molecule has 23 heavy (non-hydrogen) atoms. The first kappa shape index (κ1) is 17.3. The van der Waals surface area contributed by atoms with E-state index in [9.17, 15) is 9.59 Å². The summed E-state index contributed by atoms with van der Waals surface area (Å²) < 4.78 is 5.13. The van der Waals surface area contributed by atoms with Crippen LogP contribution in [-0.4, -0.2) is 62.5 Å². The van der Waals surface area contributed by atoms with Crippen LogP contribution in [0.5, 0.6) is 5.75 Å². The summed E-state index contributed by atoms with van der Waals surface area (Å²) in [5.74, 6) is 0.550. The zero-order valence-electron chi connectivity index (χ0n) is 14.0. The van der Waals surface area contributed by atoms with Gasteiger partial charge in [0.15, 0.2) is 0 Å². The second-order valence-electron chi connectivity index (χ2n) is 6.12. The van der Waals surface area contributed by atoms with E-state index in [2.05, 4.69) is 5.32 Å². The lowest BCUT2D eigenvalue weighted by molar-refractivity contribution is -0.129. The molecule has 1 N–H and O–H groups in total. The summed E-state index contributed by atoms with van der Waals surface area (Å²) in [5.41, 5.74) is 1.04. The molecule has 1 atom stereocenters. The summed E-state index contributed by atoms with van der Waals surface area (Å²) in [4.78, 5) is 28.0. The molecular formula is C17H25N3O3. The number of likely N-dealkylation sites (N-methyl/N-ethyl adjacent to an activating group) is 1. The number of hydrogen-bond acceptors (Lipinski definition) is 4. The number of benzene rings is 1. The van der Waals surface area contributed by atoms with Crippen molar-refractivity contribution in [1.29, 1.82) is 0 Å². The standard InChI is InChI=1S/C17H25N3O3/c1-19(2)9-8-18-17(22)14-10-16(21)20(12-14)11-13-4-6-15(23-3)7-5-13/h4-7,14H,8-12H2,1-3H3,(H,18,22). The lowest BCUT2D eigenvalue weighted by atomic mass is 10.1. The van der Waals surface area contributed by atoms with Crippen molar-refractivity contribution in [3.05, 3.63) is 29.8 Å². The van der Waals surface area contributed by atoms with E-state index < -0.39 is 0 Å². The van der Waals surface area contributed by atoms with Gasteiger partial charge in [0.25, 0.3) is 0 Å². The van der Waals surface area contributed by atoms with Crippen LogP contribution in [0.3, 0.4) is 0 Å². The number of nitrogens with one attached hydrogen (secondary N) is 1. The average molecular weight is 319 g/mol. The monoisotopic (exact) mass is 319 g/mol. The SMILES string of the molecule is COc1ccc(CN2CC(C(=O)NCCN(C)C)CC2=O)cc1. The highest BCUT2D eigenvalue weighted by Gasteiger charge is 2.33. The zero-order valence-corrected chi connectivity index (χ0v) is 14.0. The fraction of sp³-hybridized carbons (Fsp3) is 0.529. The number of rotatable bonds is 7. The van der Waals surface area contributed by atoms with E-state index in [1.54, 1.807) is 12.0 Å². The second-order valence-corrected chi connectivity index (χ2v) is 6.12. The van der Waals surface area contributed by atoms with E-state index in [1.807, 2.05) is 43.3 Å². The van der Waals surface area contributed by atoms with Crippen molar-refractivity contribution >= 4 is 11.8 Å². The minimum absolute atomic E-state index is 0.0302. The van der Waals surface area contributed by atoms with E-state index >= 15 is 0 Å². The predicted octanol–water partition coefficient (Wildman–Crippen LogP) is 0.722. The number of nitrogens with zero attached hydrogens (tertiary/aromatic N) is 2. The van der Waals surface area contributed by atoms with E-state index in [-0.39, 0.29) is 17.7 Å². The largest absolute Gasteiger partial charge is 0.497 e. The quantitative estimate of drug-likeness (QED) is 0.804. The second kappa shape index (κ2) is 7.97. The first-order valence-corrected chi connectivity index (χ1v) is 7.82. The van der Waals surface area contributed by atoms with Gasteiger partial charge in [0.05, 0.1) is 13.0 Å². The molecule has 1 aliphatic rings. The Bertz CT molecular complexity index is 543. The Morgan fingerprint density at radius 3 is 2.65 bits per heavy atom. The van der Waals surface area contributed by atoms with Gasteiger partial charge >= 0.3 is 0 Å². The molecule has 0 bridgehead atoms. The normalized spacial score (nSPS) is 17.7. The fourth-order valence-corrected chi connectivity index (χ4v) is 2.60. The molecule has 126 valence electrons. The molecule has 1 heterocycles. The number of methoxy groups -OCH3 is 1. The minimum Gasteiger partial charge on any atom is -0.497 e. The molecule has 0 spiro atoms. The maximum atomic E-state index is 12.1. The topological polar surface area (TPSA) is 61.9 Å². The molecule has 1 unspecified atom stereocenters. The summed E-state index contributed by atoms with van der Waals surface area (Å²) >= 11 is 0. The first-order chi connectivity index (χ1) is 11.0. The van der Waals surface area contributed by atoms with Gasteiger partial charge in [-0.15, -0.1) is 0 Å². The van der Waals surface area contributed by atoms with Crippen molar-refractivity contribution in [3.63, 3.8) is 0 Å². The van der Waals surface area contributed by atoms with Crippen molar-refractivity contribution in [1.82, 2.24) is 15.1 Å². The van der Waals surface area contributed by atoms with Crippen LogP contribution in [0.1, 0.15) is 12.0 Å². The van der Waals surface area contributed by atoms with E-state index in [0.29, 0.717) is 26.1 Å². The molecule has 0 radical (unpaired) electrons. The highest BCUT2D eigenvalue weighted by molar-refractivity contribution is 5.89. The van der Waals surface area contributed by atoms with Crippen molar-refractivity contribution in [3.8, 4) is 5.75 Å². The predicted molar refractivity (Wildman–Crippen MR) is 88.1 cm³/mol. The van der Waals surface area contributed by atoms with Crippen LogP contribution in [0.2, 0.25) is 0 Å². The maximum Gasteiger partial charge on any atom is 0.225 e. The molecule has 2 rings (SSSR count). The van der Waals surface area contributed by atoms with Gasteiger partial charge in [0.1, 0.15) is 5.75 Å². The summed E-state index contributed by atoms with van der Waals surface area (Å²) in [6.07, 6.45) is 0.296. The summed E-state index contributed by atoms with van der Waals surface area (Å²) in [6, 6.07) is 7.63. The Balaban J connectivity index is 1.85. The number of carbonyl (C=O) groups is 2. The number of carbonyl (C=O) groups excluding carboxylic acids is 2. The molecule has 1 aromatic rings. The Morgan fingerprint density at radius 2 is 2.04 bits per heavy atom. The molecule has 6 heteroatoms. The van der Waals surface area contributed by atoms with E-state index in [4.69, 9.17) is 4.74 Å². The van der Waals surface area contributed by atoms with Gasteiger partial charge < -0.3 is 19.9 Å². The third kappa shape index (κ3) is 4.96.